The molecular formula is C14H15N3O3. The summed E-state index contributed by atoms with van der Waals surface area (Å²) in [5, 5.41) is 6.93. The van der Waals surface area contributed by atoms with Gasteiger partial charge in [0.1, 0.15) is 13.2 Å². The van der Waals surface area contributed by atoms with Gasteiger partial charge in [0.05, 0.1) is 17.6 Å². The smallest absolute Gasteiger partial charge is 0.255 e. The van der Waals surface area contributed by atoms with Gasteiger partial charge in [0.25, 0.3) is 5.91 Å². The molecule has 2 heterocycles. The van der Waals surface area contributed by atoms with Crippen LogP contribution in [-0.2, 0) is 7.05 Å². The summed E-state index contributed by atoms with van der Waals surface area (Å²) in [6.07, 6.45) is 1.63. The van der Waals surface area contributed by atoms with Crippen LogP contribution in [0.5, 0.6) is 11.5 Å². The zero-order valence-electron chi connectivity index (χ0n) is 11.3. The van der Waals surface area contributed by atoms with Gasteiger partial charge in [0, 0.05) is 12.6 Å². The predicted octanol–water partition coefficient (Wildman–Crippen LogP) is 1.75. The molecule has 0 atom stereocenters. The normalized spacial score (nSPS) is 13.1. The van der Waals surface area contributed by atoms with Crippen LogP contribution in [0.1, 0.15) is 16.1 Å². The summed E-state index contributed by atoms with van der Waals surface area (Å²) < 4.78 is 12.6. The third kappa shape index (κ3) is 2.20. The quantitative estimate of drug-likeness (QED) is 0.905. The molecule has 3 rings (SSSR count). The van der Waals surface area contributed by atoms with Crippen molar-refractivity contribution in [1.29, 1.82) is 0 Å². The highest BCUT2D eigenvalue weighted by Crippen LogP contribution is 2.31. The fourth-order valence-electron chi connectivity index (χ4n) is 2.00. The summed E-state index contributed by atoms with van der Waals surface area (Å²) in [4.78, 5) is 12.2. The Balaban J connectivity index is 1.82. The zero-order valence-corrected chi connectivity index (χ0v) is 11.3. The highest BCUT2D eigenvalue weighted by molar-refractivity contribution is 6.04. The molecule has 1 aromatic heterocycles. The van der Waals surface area contributed by atoms with Gasteiger partial charge in [-0.1, -0.05) is 0 Å². The van der Waals surface area contributed by atoms with Crippen LogP contribution < -0.4 is 14.8 Å². The monoisotopic (exact) mass is 273 g/mol. The van der Waals surface area contributed by atoms with Gasteiger partial charge in [0.2, 0.25) is 0 Å². The van der Waals surface area contributed by atoms with E-state index in [0.717, 1.165) is 5.69 Å². The number of nitrogens with one attached hydrogen (secondary N) is 1. The van der Waals surface area contributed by atoms with Crippen LogP contribution in [0, 0.1) is 6.92 Å². The molecule has 0 unspecified atom stereocenters. The molecule has 20 heavy (non-hydrogen) atoms. The average Bonchev–Trinajstić information content (AvgIpc) is 2.78. The topological polar surface area (TPSA) is 65.4 Å². The standard InChI is InChI=1S/C14H15N3O3/c1-9-11(8-15-17(9)2)16-14(18)10-3-4-12-13(7-10)20-6-5-19-12/h3-4,7-8H,5-6H2,1-2H3,(H,16,18). The van der Waals surface area contributed by atoms with Crippen LogP contribution in [0.15, 0.2) is 24.4 Å². The lowest BCUT2D eigenvalue weighted by Gasteiger charge is -2.18. The molecule has 1 aromatic carbocycles. The maximum Gasteiger partial charge on any atom is 0.255 e. The molecular weight excluding hydrogens is 258 g/mol. The lowest BCUT2D eigenvalue weighted by atomic mass is 10.1. The third-order valence-electron chi connectivity index (χ3n) is 3.29. The average molecular weight is 273 g/mol. The van der Waals surface area contributed by atoms with Crippen LogP contribution >= 0.6 is 0 Å². The van der Waals surface area contributed by atoms with Crippen molar-refractivity contribution in [1.82, 2.24) is 9.78 Å². The number of anilines is 1. The van der Waals surface area contributed by atoms with Gasteiger partial charge in [-0.25, -0.2) is 0 Å². The molecule has 6 nitrogen and oxygen atoms in total. The Morgan fingerprint density at radius 3 is 2.75 bits per heavy atom. The van der Waals surface area contributed by atoms with Gasteiger partial charge in [-0.15, -0.1) is 0 Å². The molecule has 0 bridgehead atoms. The van der Waals surface area contributed by atoms with Gasteiger partial charge < -0.3 is 14.8 Å². The second kappa shape index (κ2) is 4.88. The summed E-state index contributed by atoms with van der Waals surface area (Å²) in [7, 11) is 1.83. The number of carbonyl (C=O) groups excluding carboxylic acids is 1. The number of amides is 1. The van der Waals surface area contributed by atoms with Crippen LogP contribution in [0.3, 0.4) is 0 Å². The number of rotatable bonds is 2. The predicted molar refractivity (Wildman–Crippen MR) is 73.3 cm³/mol. The van der Waals surface area contributed by atoms with Gasteiger partial charge >= 0.3 is 0 Å². The van der Waals surface area contributed by atoms with E-state index >= 15 is 0 Å². The molecule has 0 radical (unpaired) electrons. The number of aryl methyl sites for hydroxylation is 1. The lowest BCUT2D eigenvalue weighted by Crippen LogP contribution is -2.17. The summed E-state index contributed by atoms with van der Waals surface area (Å²) >= 11 is 0. The minimum atomic E-state index is -0.196. The number of aromatic nitrogens is 2. The molecule has 0 spiro atoms. The van der Waals surface area contributed by atoms with E-state index in [2.05, 4.69) is 10.4 Å². The number of nitrogens with zero attached hydrogens (tertiary/aromatic N) is 2. The second-order valence-electron chi connectivity index (χ2n) is 4.58. The number of carbonyl (C=O) groups is 1. The van der Waals surface area contributed by atoms with Crippen molar-refractivity contribution in [2.45, 2.75) is 6.92 Å². The Morgan fingerprint density at radius 1 is 1.30 bits per heavy atom. The summed E-state index contributed by atoms with van der Waals surface area (Å²) in [5.74, 6) is 1.08. The molecule has 0 saturated heterocycles. The van der Waals surface area contributed by atoms with Crippen molar-refractivity contribution in [3.63, 3.8) is 0 Å². The van der Waals surface area contributed by atoms with E-state index < -0.39 is 0 Å². The van der Waals surface area contributed by atoms with Crippen LogP contribution in [0.4, 0.5) is 5.69 Å². The largest absolute Gasteiger partial charge is 0.486 e. The van der Waals surface area contributed by atoms with Crippen LogP contribution in [0.25, 0.3) is 0 Å². The van der Waals surface area contributed by atoms with E-state index in [1.165, 1.54) is 0 Å². The first-order valence-electron chi connectivity index (χ1n) is 6.35. The van der Waals surface area contributed by atoms with E-state index in [9.17, 15) is 4.79 Å². The number of fused-ring (bicyclic) bond motifs is 1. The van der Waals surface area contributed by atoms with Crippen molar-refractivity contribution in [2.24, 2.45) is 7.05 Å². The van der Waals surface area contributed by atoms with E-state index in [0.29, 0.717) is 36.0 Å². The number of benzene rings is 1. The Morgan fingerprint density at radius 2 is 2.05 bits per heavy atom. The molecule has 1 N–H and O–H groups in total. The summed E-state index contributed by atoms with van der Waals surface area (Å²) in [6.45, 7) is 2.93. The molecule has 0 aliphatic carbocycles. The first-order chi connectivity index (χ1) is 9.65. The van der Waals surface area contributed by atoms with Gasteiger partial charge in [-0.3, -0.25) is 9.48 Å². The Kier molecular flexibility index (Phi) is 3.06. The zero-order chi connectivity index (χ0) is 14.1. The van der Waals surface area contributed by atoms with E-state index in [-0.39, 0.29) is 5.91 Å². The minimum Gasteiger partial charge on any atom is -0.486 e. The first kappa shape index (κ1) is 12.5. The number of hydrogen-bond donors (Lipinski definition) is 1. The van der Waals surface area contributed by atoms with Crippen LogP contribution in [0.2, 0.25) is 0 Å². The van der Waals surface area contributed by atoms with Crippen molar-refractivity contribution < 1.29 is 14.3 Å². The highest BCUT2D eigenvalue weighted by Gasteiger charge is 2.16. The van der Waals surface area contributed by atoms with E-state index in [1.807, 2.05) is 14.0 Å². The summed E-state index contributed by atoms with van der Waals surface area (Å²) in [5.41, 5.74) is 2.13. The first-order valence-corrected chi connectivity index (χ1v) is 6.35. The Bertz CT molecular complexity index is 664. The Hall–Kier alpha value is -2.50. The Labute approximate surface area is 116 Å². The molecule has 6 heteroatoms. The molecule has 1 amide bonds. The maximum absolute atomic E-state index is 12.2. The molecule has 0 saturated carbocycles. The molecule has 1 aliphatic rings. The molecule has 1 aliphatic heterocycles. The maximum atomic E-state index is 12.2. The second-order valence-corrected chi connectivity index (χ2v) is 4.58. The van der Waals surface area contributed by atoms with Crippen LogP contribution in [-0.4, -0.2) is 28.9 Å². The highest BCUT2D eigenvalue weighted by atomic mass is 16.6. The summed E-state index contributed by atoms with van der Waals surface area (Å²) in [6, 6.07) is 5.16. The lowest BCUT2D eigenvalue weighted by molar-refractivity contribution is 0.102. The molecule has 104 valence electrons. The number of ether oxygens (including phenoxy) is 2. The van der Waals surface area contributed by atoms with Gasteiger partial charge in [-0.05, 0) is 25.1 Å². The minimum absolute atomic E-state index is 0.196. The number of hydrogen-bond acceptors (Lipinski definition) is 4. The molecule has 0 fully saturated rings. The van der Waals surface area contributed by atoms with Crippen molar-refractivity contribution in [2.75, 3.05) is 18.5 Å². The molecule has 2 aromatic rings. The van der Waals surface area contributed by atoms with Gasteiger partial charge in [-0.2, -0.15) is 5.10 Å². The SMILES string of the molecule is Cc1c(NC(=O)c2ccc3c(c2)OCCO3)cnn1C. The van der Waals surface area contributed by atoms with Gasteiger partial charge in [0.15, 0.2) is 11.5 Å². The van der Waals surface area contributed by atoms with Crippen molar-refractivity contribution in [3.05, 3.63) is 35.7 Å². The third-order valence-corrected chi connectivity index (χ3v) is 3.29. The van der Waals surface area contributed by atoms with Crippen molar-refractivity contribution in [3.8, 4) is 11.5 Å². The fourth-order valence-corrected chi connectivity index (χ4v) is 2.00. The van der Waals surface area contributed by atoms with E-state index in [1.54, 1.807) is 29.1 Å². The van der Waals surface area contributed by atoms with Crippen molar-refractivity contribution >= 4 is 11.6 Å². The fraction of sp³-hybridized carbons (Fsp3) is 0.286. The van der Waals surface area contributed by atoms with E-state index in [4.69, 9.17) is 9.47 Å².